The molecule has 6 rings (SSSR count). The molecule has 3 N–H and O–H groups in total. The van der Waals surface area contributed by atoms with E-state index in [0.29, 0.717) is 0 Å². The predicted molar refractivity (Wildman–Crippen MR) is 118 cm³/mol. The van der Waals surface area contributed by atoms with E-state index in [0.717, 1.165) is 69.8 Å². The standard InChI is InChI=1S/C23H19N7/c1-2-19-22(28-17(1)14-3-8-24-9-4-14)23(30-29-19)20-13-16-18(27-20)7-12-26-21(16)15-5-10-25-11-6-15/h1-3,5-7,10-13,24,27H,4,8-9H2,(H,29,30). The van der Waals surface area contributed by atoms with Crippen LogP contribution in [0.5, 0.6) is 0 Å². The van der Waals surface area contributed by atoms with Gasteiger partial charge in [0.2, 0.25) is 0 Å². The van der Waals surface area contributed by atoms with E-state index >= 15 is 0 Å². The molecule has 5 aromatic rings. The molecule has 0 aromatic carbocycles. The molecular weight excluding hydrogens is 374 g/mol. The molecule has 146 valence electrons. The lowest BCUT2D eigenvalue weighted by Gasteiger charge is -2.13. The van der Waals surface area contributed by atoms with Crippen LogP contribution in [-0.2, 0) is 0 Å². The fourth-order valence-corrected chi connectivity index (χ4v) is 4.04. The zero-order valence-electron chi connectivity index (χ0n) is 16.2. The van der Waals surface area contributed by atoms with Gasteiger partial charge in [0, 0.05) is 41.6 Å². The Labute approximate surface area is 172 Å². The third kappa shape index (κ3) is 2.79. The Morgan fingerprint density at radius 1 is 0.900 bits per heavy atom. The van der Waals surface area contributed by atoms with Gasteiger partial charge in [-0.3, -0.25) is 15.1 Å². The fraction of sp³-hybridized carbons (Fsp3) is 0.130. The first kappa shape index (κ1) is 17.1. The van der Waals surface area contributed by atoms with E-state index in [2.05, 4.69) is 54.7 Å². The summed E-state index contributed by atoms with van der Waals surface area (Å²) in [5.74, 6) is 0. The molecule has 0 unspecified atom stereocenters. The highest BCUT2D eigenvalue weighted by molar-refractivity contribution is 5.99. The van der Waals surface area contributed by atoms with Crippen LogP contribution in [-0.4, -0.2) is 43.2 Å². The van der Waals surface area contributed by atoms with Crippen LogP contribution in [0.2, 0.25) is 0 Å². The Morgan fingerprint density at radius 3 is 2.70 bits per heavy atom. The molecule has 6 heterocycles. The van der Waals surface area contributed by atoms with Crippen LogP contribution in [0.3, 0.4) is 0 Å². The van der Waals surface area contributed by atoms with Crippen LogP contribution in [0.25, 0.3) is 50.2 Å². The second kappa shape index (κ2) is 6.89. The summed E-state index contributed by atoms with van der Waals surface area (Å²) in [7, 11) is 0. The van der Waals surface area contributed by atoms with Gasteiger partial charge in [0.05, 0.1) is 22.6 Å². The first-order valence-electron chi connectivity index (χ1n) is 10.0. The third-order valence-corrected chi connectivity index (χ3v) is 5.56. The van der Waals surface area contributed by atoms with E-state index < -0.39 is 0 Å². The maximum absolute atomic E-state index is 4.95. The summed E-state index contributed by atoms with van der Waals surface area (Å²) >= 11 is 0. The van der Waals surface area contributed by atoms with Crippen molar-refractivity contribution in [2.45, 2.75) is 6.42 Å². The van der Waals surface area contributed by atoms with Crippen molar-refractivity contribution in [2.24, 2.45) is 0 Å². The number of nitrogens with zero attached hydrogens (tertiary/aromatic N) is 4. The Kier molecular flexibility index (Phi) is 3.92. The molecule has 0 spiro atoms. The summed E-state index contributed by atoms with van der Waals surface area (Å²) in [5.41, 5.74) is 8.80. The van der Waals surface area contributed by atoms with E-state index in [1.165, 1.54) is 5.57 Å². The van der Waals surface area contributed by atoms with E-state index in [-0.39, 0.29) is 0 Å². The quantitative estimate of drug-likeness (QED) is 0.432. The zero-order valence-corrected chi connectivity index (χ0v) is 16.2. The molecule has 0 fully saturated rings. The highest BCUT2D eigenvalue weighted by Crippen LogP contribution is 2.32. The molecule has 1 aliphatic rings. The highest BCUT2D eigenvalue weighted by atomic mass is 15.1. The van der Waals surface area contributed by atoms with Gasteiger partial charge in [0.1, 0.15) is 11.2 Å². The van der Waals surface area contributed by atoms with Crippen LogP contribution >= 0.6 is 0 Å². The number of H-pyrrole nitrogens is 2. The predicted octanol–water partition coefficient (Wildman–Crippen LogP) is 3.94. The van der Waals surface area contributed by atoms with Crippen LogP contribution in [0.15, 0.2) is 61.1 Å². The summed E-state index contributed by atoms with van der Waals surface area (Å²) < 4.78 is 0. The van der Waals surface area contributed by atoms with Gasteiger partial charge in [-0.1, -0.05) is 6.08 Å². The van der Waals surface area contributed by atoms with Crippen molar-refractivity contribution in [3.05, 3.63) is 66.8 Å². The lowest BCUT2D eigenvalue weighted by Crippen LogP contribution is -2.20. The normalized spacial score (nSPS) is 14.3. The molecule has 7 nitrogen and oxygen atoms in total. The maximum atomic E-state index is 4.95. The summed E-state index contributed by atoms with van der Waals surface area (Å²) in [4.78, 5) is 17.2. The highest BCUT2D eigenvalue weighted by Gasteiger charge is 2.16. The minimum atomic E-state index is 0.818. The Balaban J connectivity index is 1.50. The lowest BCUT2D eigenvalue weighted by atomic mass is 10.0. The molecule has 0 atom stereocenters. The molecule has 1 aliphatic heterocycles. The minimum Gasteiger partial charge on any atom is -0.353 e. The van der Waals surface area contributed by atoms with E-state index in [1.54, 1.807) is 12.4 Å². The van der Waals surface area contributed by atoms with Crippen molar-refractivity contribution in [3.8, 4) is 22.6 Å². The van der Waals surface area contributed by atoms with Crippen LogP contribution in [0.1, 0.15) is 12.1 Å². The summed E-state index contributed by atoms with van der Waals surface area (Å²) in [5, 5.41) is 12.1. The number of hydrogen-bond acceptors (Lipinski definition) is 5. The molecule has 0 bridgehead atoms. The number of rotatable bonds is 3. The molecule has 7 heteroatoms. The number of aromatic amines is 2. The van der Waals surface area contributed by atoms with Crippen molar-refractivity contribution >= 4 is 27.5 Å². The topological polar surface area (TPSA) is 95.2 Å². The second-order valence-electron chi connectivity index (χ2n) is 7.39. The van der Waals surface area contributed by atoms with Crippen LogP contribution in [0.4, 0.5) is 0 Å². The molecule has 30 heavy (non-hydrogen) atoms. The SMILES string of the molecule is C1=C(c2ccc3[nH]nc(-c4cc5c(-c6ccncc6)nccc5[nH]4)c3n2)CCNC1. The summed E-state index contributed by atoms with van der Waals surface area (Å²) in [6.45, 7) is 1.87. The molecule has 0 saturated carbocycles. The lowest BCUT2D eigenvalue weighted by molar-refractivity contribution is 0.737. The summed E-state index contributed by atoms with van der Waals surface area (Å²) in [6.07, 6.45) is 8.59. The van der Waals surface area contributed by atoms with Gasteiger partial charge in [0.25, 0.3) is 0 Å². The van der Waals surface area contributed by atoms with Crippen molar-refractivity contribution in [1.29, 1.82) is 0 Å². The number of hydrogen-bond donors (Lipinski definition) is 3. The first-order chi connectivity index (χ1) is 14.9. The van der Waals surface area contributed by atoms with E-state index in [4.69, 9.17) is 4.98 Å². The van der Waals surface area contributed by atoms with E-state index in [9.17, 15) is 0 Å². The molecule has 0 radical (unpaired) electrons. The van der Waals surface area contributed by atoms with Crippen molar-refractivity contribution in [1.82, 2.24) is 35.5 Å². The van der Waals surface area contributed by atoms with Gasteiger partial charge < -0.3 is 10.3 Å². The summed E-state index contributed by atoms with van der Waals surface area (Å²) in [6, 6.07) is 12.2. The van der Waals surface area contributed by atoms with Gasteiger partial charge in [-0.2, -0.15) is 5.10 Å². The maximum Gasteiger partial charge on any atom is 0.135 e. The number of pyridine rings is 3. The molecule has 0 saturated heterocycles. The third-order valence-electron chi connectivity index (χ3n) is 5.56. The molecule has 0 aliphatic carbocycles. The number of nitrogens with one attached hydrogen (secondary N) is 3. The molecule has 5 aromatic heterocycles. The van der Waals surface area contributed by atoms with Gasteiger partial charge in [-0.05, 0) is 54.9 Å². The second-order valence-corrected chi connectivity index (χ2v) is 7.39. The smallest absolute Gasteiger partial charge is 0.135 e. The van der Waals surface area contributed by atoms with Gasteiger partial charge in [0.15, 0.2) is 0 Å². The Bertz CT molecular complexity index is 1400. The first-order valence-corrected chi connectivity index (χ1v) is 10.0. The Morgan fingerprint density at radius 2 is 1.83 bits per heavy atom. The van der Waals surface area contributed by atoms with Gasteiger partial charge >= 0.3 is 0 Å². The van der Waals surface area contributed by atoms with Crippen LogP contribution < -0.4 is 5.32 Å². The average Bonchev–Trinajstić information content (AvgIpc) is 3.43. The average molecular weight is 393 g/mol. The molecule has 0 amide bonds. The number of aromatic nitrogens is 6. The Hall–Kier alpha value is -3.84. The van der Waals surface area contributed by atoms with Crippen LogP contribution in [0, 0.1) is 0 Å². The monoisotopic (exact) mass is 393 g/mol. The minimum absolute atomic E-state index is 0.818. The fourth-order valence-electron chi connectivity index (χ4n) is 4.04. The van der Waals surface area contributed by atoms with Gasteiger partial charge in [-0.25, -0.2) is 4.98 Å². The van der Waals surface area contributed by atoms with Crippen molar-refractivity contribution in [2.75, 3.05) is 13.1 Å². The largest absolute Gasteiger partial charge is 0.353 e. The molecular formula is C23H19N7. The van der Waals surface area contributed by atoms with Crippen molar-refractivity contribution in [3.63, 3.8) is 0 Å². The van der Waals surface area contributed by atoms with Crippen molar-refractivity contribution < 1.29 is 0 Å². The zero-order chi connectivity index (χ0) is 19.9. The van der Waals surface area contributed by atoms with E-state index in [1.807, 2.05) is 24.4 Å². The number of fused-ring (bicyclic) bond motifs is 2. The van der Waals surface area contributed by atoms with Gasteiger partial charge in [-0.15, -0.1) is 0 Å².